The van der Waals surface area contributed by atoms with Crippen molar-refractivity contribution in [3.63, 3.8) is 0 Å². The van der Waals surface area contributed by atoms with E-state index in [4.69, 9.17) is 0 Å². The molecule has 1 aromatic carbocycles. The van der Waals surface area contributed by atoms with E-state index in [9.17, 15) is 9.90 Å². The number of hydrogen-bond donors (Lipinski definition) is 2. The van der Waals surface area contributed by atoms with Crippen molar-refractivity contribution in [3.05, 3.63) is 34.3 Å². The molecule has 1 rings (SSSR count). The van der Waals surface area contributed by atoms with E-state index in [1.807, 2.05) is 45.0 Å². The molecular formula is C15H22BrNO2. The quantitative estimate of drug-likeness (QED) is 0.842. The van der Waals surface area contributed by atoms with Crippen LogP contribution in [0.25, 0.3) is 0 Å². The van der Waals surface area contributed by atoms with Crippen LogP contribution in [0.2, 0.25) is 0 Å². The van der Waals surface area contributed by atoms with E-state index in [1.165, 1.54) is 0 Å². The minimum Gasteiger partial charge on any atom is -0.394 e. The monoisotopic (exact) mass is 327 g/mol. The molecule has 0 radical (unpaired) electrons. The maximum absolute atomic E-state index is 12.0. The standard InChI is InChI=1S/C15H22BrNO2/c1-4-15(3,10-18)17-14(19)9-11(2)12-5-7-13(16)8-6-12/h5-8,11,18H,4,9-10H2,1-3H3,(H,17,19). The fourth-order valence-electron chi connectivity index (χ4n) is 1.81. The summed E-state index contributed by atoms with van der Waals surface area (Å²) in [4.78, 5) is 12.0. The van der Waals surface area contributed by atoms with Gasteiger partial charge in [-0.15, -0.1) is 0 Å². The third-order valence-corrected chi connectivity index (χ3v) is 4.03. The number of carbonyl (C=O) groups excluding carboxylic acids is 1. The van der Waals surface area contributed by atoms with Gasteiger partial charge in [0.15, 0.2) is 0 Å². The summed E-state index contributed by atoms with van der Waals surface area (Å²) in [6, 6.07) is 8.00. The van der Waals surface area contributed by atoms with Gasteiger partial charge in [-0.2, -0.15) is 0 Å². The molecule has 0 saturated carbocycles. The van der Waals surface area contributed by atoms with Gasteiger partial charge in [0, 0.05) is 10.9 Å². The fraction of sp³-hybridized carbons (Fsp3) is 0.533. The highest BCUT2D eigenvalue weighted by Gasteiger charge is 2.24. The lowest BCUT2D eigenvalue weighted by Crippen LogP contribution is -2.48. The van der Waals surface area contributed by atoms with Crippen LogP contribution in [-0.2, 0) is 4.79 Å². The predicted octanol–water partition coefficient (Wildman–Crippen LogP) is 3.22. The molecular weight excluding hydrogens is 306 g/mol. The second kappa shape index (κ2) is 7.06. The van der Waals surface area contributed by atoms with Gasteiger partial charge in [-0.25, -0.2) is 0 Å². The first-order chi connectivity index (χ1) is 8.90. The van der Waals surface area contributed by atoms with E-state index in [1.54, 1.807) is 0 Å². The van der Waals surface area contributed by atoms with E-state index in [0.717, 1.165) is 10.0 Å². The normalized spacial score (nSPS) is 15.6. The summed E-state index contributed by atoms with van der Waals surface area (Å²) in [7, 11) is 0. The van der Waals surface area contributed by atoms with Crippen LogP contribution in [0, 0.1) is 0 Å². The van der Waals surface area contributed by atoms with E-state index in [-0.39, 0.29) is 18.4 Å². The Labute approximate surface area is 123 Å². The summed E-state index contributed by atoms with van der Waals surface area (Å²) in [5.41, 5.74) is 0.622. The molecule has 0 saturated heterocycles. The Morgan fingerprint density at radius 1 is 1.42 bits per heavy atom. The van der Waals surface area contributed by atoms with Gasteiger partial charge in [0.1, 0.15) is 0 Å². The smallest absolute Gasteiger partial charge is 0.221 e. The SMILES string of the molecule is CCC(C)(CO)NC(=O)CC(C)c1ccc(Br)cc1. The first kappa shape index (κ1) is 16.2. The zero-order chi connectivity index (χ0) is 14.5. The van der Waals surface area contributed by atoms with Crippen molar-refractivity contribution < 1.29 is 9.90 Å². The number of benzene rings is 1. The first-order valence-electron chi connectivity index (χ1n) is 6.57. The minimum atomic E-state index is -0.517. The largest absolute Gasteiger partial charge is 0.394 e. The number of amides is 1. The molecule has 106 valence electrons. The van der Waals surface area contributed by atoms with E-state index in [0.29, 0.717) is 12.8 Å². The van der Waals surface area contributed by atoms with Crippen molar-refractivity contribution in [1.29, 1.82) is 0 Å². The molecule has 0 aromatic heterocycles. The Balaban J connectivity index is 2.59. The topological polar surface area (TPSA) is 49.3 Å². The van der Waals surface area contributed by atoms with E-state index < -0.39 is 5.54 Å². The molecule has 19 heavy (non-hydrogen) atoms. The predicted molar refractivity (Wildman–Crippen MR) is 81.1 cm³/mol. The molecule has 0 aliphatic rings. The first-order valence-corrected chi connectivity index (χ1v) is 7.37. The van der Waals surface area contributed by atoms with Crippen LogP contribution in [0.15, 0.2) is 28.7 Å². The number of hydrogen-bond acceptors (Lipinski definition) is 2. The molecule has 0 aliphatic heterocycles. The number of nitrogens with one attached hydrogen (secondary N) is 1. The number of halogens is 1. The van der Waals surface area contributed by atoms with Crippen LogP contribution in [-0.4, -0.2) is 23.2 Å². The molecule has 0 aliphatic carbocycles. The summed E-state index contributed by atoms with van der Waals surface area (Å²) in [5, 5.41) is 12.2. The van der Waals surface area contributed by atoms with Gasteiger partial charge in [-0.05, 0) is 37.0 Å². The maximum atomic E-state index is 12.0. The lowest BCUT2D eigenvalue weighted by molar-refractivity contribution is -0.123. The van der Waals surface area contributed by atoms with Crippen molar-refractivity contribution in [2.45, 2.75) is 45.1 Å². The summed E-state index contributed by atoms with van der Waals surface area (Å²) >= 11 is 3.40. The van der Waals surface area contributed by atoms with Gasteiger partial charge >= 0.3 is 0 Å². The molecule has 2 N–H and O–H groups in total. The average molecular weight is 328 g/mol. The van der Waals surface area contributed by atoms with Crippen molar-refractivity contribution in [2.24, 2.45) is 0 Å². The van der Waals surface area contributed by atoms with Crippen molar-refractivity contribution in [2.75, 3.05) is 6.61 Å². The Morgan fingerprint density at radius 3 is 2.47 bits per heavy atom. The molecule has 3 nitrogen and oxygen atoms in total. The number of rotatable bonds is 6. The van der Waals surface area contributed by atoms with Crippen molar-refractivity contribution in [3.8, 4) is 0 Å². The Kier molecular flexibility index (Phi) is 6.01. The van der Waals surface area contributed by atoms with Gasteiger partial charge in [0.05, 0.1) is 12.1 Å². The number of carbonyl (C=O) groups is 1. The highest BCUT2D eigenvalue weighted by atomic mass is 79.9. The van der Waals surface area contributed by atoms with Crippen LogP contribution in [0.1, 0.15) is 45.1 Å². The Bertz CT molecular complexity index is 413. The fourth-order valence-corrected chi connectivity index (χ4v) is 2.08. The summed E-state index contributed by atoms with van der Waals surface area (Å²) in [5.74, 6) is 0.140. The second-order valence-corrected chi connectivity index (χ2v) is 6.19. The highest BCUT2D eigenvalue weighted by molar-refractivity contribution is 9.10. The second-order valence-electron chi connectivity index (χ2n) is 5.28. The van der Waals surface area contributed by atoms with Gasteiger partial charge < -0.3 is 10.4 Å². The third-order valence-electron chi connectivity index (χ3n) is 3.50. The number of aliphatic hydroxyl groups is 1. The molecule has 2 atom stereocenters. The molecule has 4 heteroatoms. The maximum Gasteiger partial charge on any atom is 0.221 e. The zero-order valence-electron chi connectivity index (χ0n) is 11.7. The van der Waals surface area contributed by atoms with Crippen LogP contribution in [0.4, 0.5) is 0 Å². The van der Waals surface area contributed by atoms with Crippen molar-refractivity contribution in [1.82, 2.24) is 5.32 Å². The molecule has 0 heterocycles. The van der Waals surface area contributed by atoms with Gasteiger partial charge in [-0.1, -0.05) is 41.9 Å². The average Bonchev–Trinajstić information content (AvgIpc) is 2.39. The molecule has 2 unspecified atom stereocenters. The van der Waals surface area contributed by atoms with E-state index >= 15 is 0 Å². The molecule has 0 fully saturated rings. The van der Waals surface area contributed by atoms with Crippen LogP contribution < -0.4 is 5.32 Å². The Hall–Kier alpha value is -0.870. The lowest BCUT2D eigenvalue weighted by Gasteiger charge is -2.28. The number of aliphatic hydroxyl groups excluding tert-OH is 1. The minimum absolute atomic E-state index is 0.0196. The van der Waals surface area contributed by atoms with Gasteiger partial charge in [-0.3, -0.25) is 4.79 Å². The van der Waals surface area contributed by atoms with Crippen LogP contribution >= 0.6 is 15.9 Å². The summed E-state index contributed by atoms with van der Waals surface area (Å²) in [6.45, 7) is 5.80. The van der Waals surface area contributed by atoms with Gasteiger partial charge in [0.2, 0.25) is 5.91 Å². The van der Waals surface area contributed by atoms with E-state index in [2.05, 4.69) is 21.2 Å². The molecule has 0 spiro atoms. The van der Waals surface area contributed by atoms with Gasteiger partial charge in [0.25, 0.3) is 0 Å². The third kappa shape index (κ3) is 4.96. The highest BCUT2D eigenvalue weighted by Crippen LogP contribution is 2.21. The molecule has 1 amide bonds. The lowest BCUT2D eigenvalue weighted by atomic mass is 9.95. The summed E-state index contributed by atoms with van der Waals surface area (Å²) in [6.07, 6.45) is 1.14. The van der Waals surface area contributed by atoms with Crippen LogP contribution in [0.5, 0.6) is 0 Å². The van der Waals surface area contributed by atoms with Crippen LogP contribution in [0.3, 0.4) is 0 Å². The Morgan fingerprint density at radius 2 is 2.00 bits per heavy atom. The van der Waals surface area contributed by atoms with Crippen molar-refractivity contribution >= 4 is 21.8 Å². The molecule has 1 aromatic rings. The molecule has 0 bridgehead atoms. The zero-order valence-corrected chi connectivity index (χ0v) is 13.3. The summed E-state index contributed by atoms with van der Waals surface area (Å²) < 4.78 is 1.03.